The predicted octanol–water partition coefficient (Wildman–Crippen LogP) is 3.88. The van der Waals surface area contributed by atoms with Crippen LogP contribution in [0.5, 0.6) is 17.5 Å². The largest absolute Gasteiger partial charge is 0.573 e. The second kappa shape index (κ2) is 13.2. The number of halogens is 4. The number of nitrogens with zero attached hydrogens (tertiary/aromatic N) is 5. The van der Waals surface area contributed by atoms with Gasteiger partial charge in [0.2, 0.25) is 0 Å². The van der Waals surface area contributed by atoms with Crippen LogP contribution in [0.4, 0.5) is 17.6 Å². The van der Waals surface area contributed by atoms with E-state index in [1.807, 2.05) is 0 Å². The molecule has 2 aromatic heterocycles. The van der Waals surface area contributed by atoms with Gasteiger partial charge in [0.25, 0.3) is 5.56 Å². The number of benzene rings is 2. The zero-order valence-electron chi connectivity index (χ0n) is 22.7. The van der Waals surface area contributed by atoms with Gasteiger partial charge in [-0.25, -0.2) is 9.18 Å². The average Bonchev–Trinajstić information content (AvgIpc) is 3.29. The molecule has 0 unspecified atom stereocenters. The fourth-order valence-corrected chi connectivity index (χ4v) is 4.26. The molecule has 4 rings (SSSR count). The monoisotopic (exact) mass is 599 g/mol. The van der Waals surface area contributed by atoms with Crippen molar-refractivity contribution < 1.29 is 32.1 Å². The van der Waals surface area contributed by atoms with E-state index in [-0.39, 0.29) is 55.6 Å². The van der Waals surface area contributed by atoms with E-state index in [1.165, 1.54) is 64.9 Å². The summed E-state index contributed by atoms with van der Waals surface area (Å²) in [7, 11) is 1.50. The Morgan fingerprint density at radius 2 is 1.84 bits per heavy atom. The summed E-state index contributed by atoms with van der Waals surface area (Å²) < 4.78 is 65.4. The highest BCUT2D eigenvalue weighted by molar-refractivity contribution is 5.80. The van der Waals surface area contributed by atoms with Crippen molar-refractivity contribution in [1.82, 2.24) is 18.7 Å². The van der Waals surface area contributed by atoms with Crippen molar-refractivity contribution in [2.75, 3.05) is 13.7 Å². The molecule has 0 bridgehead atoms. The van der Waals surface area contributed by atoms with Gasteiger partial charge in [0.1, 0.15) is 17.3 Å². The first-order chi connectivity index (χ1) is 20.5. The van der Waals surface area contributed by atoms with Gasteiger partial charge in [-0.1, -0.05) is 24.1 Å². The minimum Gasteiger partial charge on any atom is -0.425 e. The van der Waals surface area contributed by atoms with Crippen LogP contribution in [0.1, 0.15) is 12.0 Å². The molecule has 0 radical (unpaired) electrons. The summed E-state index contributed by atoms with van der Waals surface area (Å²) in [4.78, 5) is 35.7. The quantitative estimate of drug-likeness (QED) is 0.159. The molecule has 43 heavy (non-hydrogen) atoms. The number of aliphatic imine (C=N–C) groups is 1. The number of allylic oxidation sites excluding steroid dienone is 2. The van der Waals surface area contributed by atoms with Crippen molar-refractivity contribution in [3.8, 4) is 29.9 Å². The molecule has 0 aliphatic heterocycles. The molecule has 0 saturated heterocycles. The highest BCUT2D eigenvalue weighted by atomic mass is 19.4. The van der Waals surface area contributed by atoms with Crippen LogP contribution in [0, 0.1) is 18.2 Å². The number of terminal acetylenes is 1. The number of ether oxygens (including phenoxy) is 2. The maximum atomic E-state index is 13.8. The second-order valence-corrected chi connectivity index (χ2v) is 9.08. The van der Waals surface area contributed by atoms with Crippen molar-refractivity contribution in [3.63, 3.8) is 0 Å². The van der Waals surface area contributed by atoms with Crippen LogP contribution in [-0.2, 0) is 19.6 Å². The molecule has 0 aliphatic carbocycles. The highest BCUT2D eigenvalue weighted by Crippen LogP contribution is 2.30. The molecule has 0 amide bonds. The van der Waals surface area contributed by atoms with Crippen LogP contribution < -0.4 is 20.7 Å². The topological polar surface area (TPSA) is 113 Å². The van der Waals surface area contributed by atoms with Gasteiger partial charge in [0.05, 0.1) is 13.1 Å². The smallest absolute Gasteiger partial charge is 0.425 e. The number of fused-ring (bicyclic) bond motifs is 1. The van der Waals surface area contributed by atoms with Gasteiger partial charge >= 0.3 is 18.1 Å². The fraction of sp³-hybridized carbons (Fsp3) is 0.241. The minimum atomic E-state index is -4.95. The molecule has 0 saturated carbocycles. The van der Waals surface area contributed by atoms with Crippen molar-refractivity contribution in [2.24, 2.45) is 4.99 Å². The summed E-state index contributed by atoms with van der Waals surface area (Å²) in [6, 6.07) is 9.78. The van der Waals surface area contributed by atoms with E-state index in [9.17, 15) is 32.3 Å². The Bertz CT molecular complexity index is 1830. The Kier molecular flexibility index (Phi) is 9.46. The van der Waals surface area contributed by atoms with Crippen LogP contribution in [0.15, 0.2) is 74.8 Å². The van der Waals surface area contributed by atoms with Gasteiger partial charge in [0.15, 0.2) is 11.2 Å². The van der Waals surface area contributed by atoms with Crippen molar-refractivity contribution in [3.05, 3.63) is 92.4 Å². The van der Waals surface area contributed by atoms with E-state index in [0.717, 1.165) is 16.7 Å². The highest BCUT2D eigenvalue weighted by Gasteiger charge is 2.31. The third-order valence-corrected chi connectivity index (χ3v) is 6.03. The molecule has 10 nitrogen and oxygen atoms in total. The molecule has 224 valence electrons. The summed E-state index contributed by atoms with van der Waals surface area (Å²) >= 11 is 0. The van der Waals surface area contributed by atoms with Crippen LogP contribution in [0.3, 0.4) is 0 Å². The number of hydrogen-bond donors (Lipinski definition) is 1. The van der Waals surface area contributed by atoms with Crippen LogP contribution in [0.2, 0.25) is 0 Å². The molecule has 0 spiro atoms. The molecule has 4 aromatic rings. The van der Waals surface area contributed by atoms with Crippen molar-refractivity contribution >= 4 is 17.4 Å². The Morgan fingerprint density at radius 3 is 2.49 bits per heavy atom. The SMILES string of the molecule is C#C/C=C(\C=NC)Cn1c(=O)n(CCCO)c(=O)c2c1nc(Oc1cccc(OC(F)(F)F)c1)n2Cc1ccc(F)cc1. The van der Waals surface area contributed by atoms with E-state index >= 15 is 0 Å². The van der Waals surface area contributed by atoms with Crippen LogP contribution in [0.25, 0.3) is 11.2 Å². The molecule has 2 aromatic carbocycles. The third kappa shape index (κ3) is 7.38. The lowest BCUT2D eigenvalue weighted by molar-refractivity contribution is -0.274. The summed E-state index contributed by atoms with van der Waals surface area (Å²) in [6.45, 7) is -0.678. The van der Waals surface area contributed by atoms with Gasteiger partial charge in [-0.05, 0) is 47.9 Å². The average molecular weight is 600 g/mol. The molecular weight excluding hydrogens is 574 g/mol. The summed E-state index contributed by atoms with van der Waals surface area (Å²) in [5.74, 6) is 1.20. The minimum absolute atomic E-state index is 0.0889. The van der Waals surface area contributed by atoms with Crippen molar-refractivity contribution in [1.29, 1.82) is 0 Å². The maximum absolute atomic E-state index is 13.8. The van der Waals surface area contributed by atoms with Gasteiger partial charge < -0.3 is 14.6 Å². The maximum Gasteiger partial charge on any atom is 0.573 e. The van der Waals surface area contributed by atoms with Gasteiger partial charge in [-0.2, -0.15) is 4.98 Å². The molecule has 0 aliphatic rings. The normalized spacial score (nSPS) is 12.2. The summed E-state index contributed by atoms with van der Waals surface area (Å²) in [5.41, 5.74) is -0.763. The number of imidazole rings is 1. The van der Waals surface area contributed by atoms with Crippen LogP contribution in [-0.4, -0.2) is 50.0 Å². The van der Waals surface area contributed by atoms with E-state index < -0.39 is 29.2 Å². The molecule has 0 atom stereocenters. The Labute approximate surface area is 241 Å². The van der Waals surface area contributed by atoms with E-state index in [1.54, 1.807) is 0 Å². The number of hydrogen-bond acceptors (Lipinski definition) is 7. The van der Waals surface area contributed by atoms with E-state index in [4.69, 9.17) is 11.2 Å². The summed E-state index contributed by atoms with van der Waals surface area (Å²) in [6.07, 6.45) is 3.39. The standard InChI is InChI=1S/C29H25F4N5O5/c1-3-6-20(16-34-2)18-38-25-24(26(40)36(28(38)41)13-5-14-39)37(17-19-9-11-21(30)12-10-19)27(35-25)42-22-7-4-8-23(15-22)43-29(31,32)33/h1,4,6-12,15-16,39H,5,13-14,17-18H2,2H3/b20-6+,34-16?. The lowest BCUT2D eigenvalue weighted by Gasteiger charge is -2.13. The molecule has 1 N–H and O–H groups in total. The van der Waals surface area contributed by atoms with Crippen LogP contribution >= 0.6 is 0 Å². The van der Waals surface area contributed by atoms with Crippen molar-refractivity contribution in [2.45, 2.75) is 32.4 Å². The molecular formula is C29H25F4N5O5. The van der Waals surface area contributed by atoms with E-state index in [2.05, 4.69) is 20.6 Å². The lowest BCUT2D eigenvalue weighted by Crippen LogP contribution is -2.41. The predicted molar refractivity (Wildman–Crippen MR) is 150 cm³/mol. The first-order valence-corrected chi connectivity index (χ1v) is 12.7. The number of rotatable bonds is 11. The fourth-order valence-electron chi connectivity index (χ4n) is 4.26. The summed E-state index contributed by atoms with van der Waals surface area (Å²) in [5, 5.41) is 9.39. The Balaban J connectivity index is 1.98. The Morgan fingerprint density at radius 1 is 1.12 bits per heavy atom. The number of aliphatic hydroxyl groups excluding tert-OH is 1. The van der Waals surface area contributed by atoms with Gasteiger partial charge in [-0.15, -0.1) is 19.6 Å². The van der Waals surface area contributed by atoms with Gasteiger partial charge in [0, 0.05) is 32.5 Å². The first kappa shape index (κ1) is 30.8. The number of aliphatic hydroxyl groups is 1. The third-order valence-electron chi connectivity index (χ3n) is 6.03. The molecule has 0 fully saturated rings. The zero-order valence-corrected chi connectivity index (χ0v) is 22.7. The van der Waals surface area contributed by atoms with Gasteiger partial charge in [-0.3, -0.25) is 23.5 Å². The Hall–Kier alpha value is -5.16. The molecule has 2 heterocycles. The lowest BCUT2D eigenvalue weighted by atomic mass is 10.2. The first-order valence-electron chi connectivity index (χ1n) is 12.7. The van der Waals surface area contributed by atoms with E-state index in [0.29, 0.717) is 11.1 Å². The molecule has 14 heteroatoms. The number of aromatic nitrogens is 4. The second-order valence-electron chi connectivity index (χ2n) is 9.08. The number of alkyl halides is 3. The zero-order chi connectivity index (χ0) is 31.1.